The lowest BCUT2D eigenvalue weighted by Gasteiger charge is -2.36. The standard InChI is InChI=1S/C27H27F2N3O3/c28-22-6-8-24(9-7-22)31-27(35)21-13-20(26(34)30-14-19-2-1-3-23(29)12-19)16-32(17-21)15-18-4-10-25(33)11-5-18/h1-12,20-21,33H,13-17H2,(H,30,34)(H,31,35)/t20-,21+/m0/s1. The Balaban J connectivity index is 1.45. The predicted molar refractivity (Wildman–Crippen MR) is 128 cm³/mol. The third-order valence-corrected chi connectivity index (χ3v) is 6.08. The number of nitrogens with zero attached hydrogens (tertiary/aromatic N) is 1. The molecule has 8 heteroatoms. The van der Waals surface area contributed by atoms with Gasteiger partial charge in [0.15, 0.2) is 0 Å². The van der Waals surface area contributed by atoms with Gasteiger partial charge in [-0.25, -0.2) is 8.78 Å². The molecule has 0 radical (unpaired) electrons. The van der Waals surface area contributed by atoms with Crippen molar-refractivity contribution in [3.05, 3.63) is 95.6 Å². The number of likely N-dealkylation sites (tertiary alicyclic amines) is 1. The van der Waals surface area contributed by atoms with Gasteiger partial charge in [0.1, 0.15) is 17.4 Å². The van der Waals surface area contributed by atoms with Crippen LogP contribution >= 0.6 is 0 Å². The molecule has 0 aliphatic carbocycles. The van der Waals surface area contributed by atoms with Gasteiger partial charge in [0, 0.05) is 31.9 Å². The average Bonchev–Trinajstić information content (AvgIpc) is 2.85. The summed E-state index contributed by atoms with van der Waals surface area (Å²) >= 11 is 0. The monoisotopic (exact) mass is 479 g/mol. The second-order valence-electron chi connectivity index (χ2n) is 8.83. The van der Waals surface area contributed by atoms with Crippen LogP contribution in [0.5, 0.6) is 5.75 Å². The Labute approximate surface area is 202 Å². The lowest BCUT2D eigenvalue weighted by molar-refractivity contribution is -0.130. The predicted octanol–water partition coefficient (Wildman–Crippen LogP) is 4.06. The largest absolute Gasteiger partial charge is 0.508 e. The van der Waals surface area contributed by atoms with Gasteiger partial charge in [0.05, 0.1) is 11.8 Å². The van der Waals surface area contributed by atoms with E-state index in [0.717, 1.165) is 5.56 Å². The molecule has 3 aromatic rings. The first kappa shape index (κ1) is 24.3. The molecule has 0 saturated carbocycles. The number of phenols is 1. The van der Waals surface area contributed by atoms with Gasteiger partial charge in [-0.15, -0.1) is 0 Å². The molecule has 4 rings (SSSR count). The number of rotatable bonds is 7. The minimum Gasteiger partial charge on any atom is -0.508 e. The van der Waals surface area contributed by atoms with Crippen LogP contribution in [0.2, 0.25) is 0 Å². The van der Waals surface area contributed by atoms with Crippen LogP contribution in [0.25, 0.3) is 0 Å². The van der Waals surface area contributed by atoms with E-state index in [9.17, 15) is 23.5 Å². The molecule has 1 saturated heterocycles. The summed E-state index contributed by atoms with van der Waals surface area (Å²) in [7, 11) is 0. The van der Waals surface area contributed by atoms with Crippen LogP contribution in [0.15, 0.2) is 72.8 Å². The first-order chi connectivity index (χ1) is 16.9. The highest BCUT2D eigenvalue weighted by molar-refractivity contribution is 5.93. The molecule has 1 fully saturated rings. The van der Waals surface area contributed by atoms with Gasteiger partial charge < -0.3 is 15.7 Å². The summed E-state index contributed by atoms with van der Waals surface area (Å²) in [4.78, 5) is 28.1. The molecular formula is C27H27F2N3O3. The van der Waals surface area contributed by atoms with Crippen molar-refractivity contribution in [3.8, 4) is 5.75 Å². The van der Waals surface area contributed by atoms with E-state index in [1.807, 2.05) is 4.90 Å². The van der Waals surface area contributed by atoms with Crippen molar-refractivity contribution in [2.24, 2.45) is 11.8 Å². The molecule has 182 valence electrons. The smallest absolute Gasteiger partial charge is 0.228 e. The highest BCUT2D eigenvalue weighted by Crippen LogP contribution is 2.26. The van der Waals surface area contributed by atoms with Gasteiger partial charge in [0.25, 0.3) is 0 Å². The second-order valence-corrected chi connectivity index (χ2v) is 8.83. The number of phenolic OH excluding ortho intramolecular Hbond substituents is 1. The van der Waals surface area contributed by atoms with Crippen molar-refractivity contribution in [3.63, 3.8) is 0 Å². The van der Waals surface area contributed by atoms with Crippen LogP contribution in [-0.4, -0.2) is 34.9 Å². The molecule has 1 aliphatic rings. The second kappa shape index (κ2) is 11.1. The number of carbonyl (C=O) groups is 2. The number of amides is 2. The first-order valence-corrected chi connectivity index (χ1v) is 11.4. The highest BCUT2D eigenvalue weighted by atomic mass is 19.1. The van der Waals surface area contributed by atoms with Crippen LogP contribution in [-0.2, 0) is 22.7 Å². The molecule has 3 N–H and O–H groups in total. The Kier molecular flexibility index (Phi) is 7.72. The minimum atomic E-state index is -0.462. The summed E-state index contributed by atoms with van der Waals surface area (Å²) in [5, 5.41) is 15.2. The Morgan fingerprint density at radius 1 is 0.857 bits per heavy atom. The van der Waals surface area contributed by atoms with Crippen molar-refractivity contribution in [1.82, 2.24) is 10.2 Å². The number of hydrogen-bond donors (Lipinski definition) is 3. The Morgan fingerprint density at radius 3 is 2.23 bits per heavy atom. The normalized spacial score (nSPS) is 18.1. The zero-order valence-corrected chi connectivity index (χ0v) is 19.1. The third kappa shape index (κ3) is 6.86. The number of hydrogen-bond acceptors (Lipinski definition) is 4. The van der Waals surface area contributed by atoms with Gasteiger partial charge in [-0.3, -0.25) is 14.5 Å². The van der Waals surface area contributed by atoms with E-state index in [4.69, 9.17) is 0 Å². The number of anilines is 1. The quantitative estimate of drug-likeness (QED) is 0.477. The SMILES string of the molecule is O=C(NCc1cccc(F)c1)[C@H]1C[C@@H](C(=O)Nc2ccc(F)cc2)CN(Cc2ccc(O)cc2)C1. The van der Waals surface area contributed by atoms with Crippen molar-refractivity contribution < 1.29 is 23.5 Å². The number of aromatic hydroxyl groups is 1. The fourth-order valence-corrected chi connectivity index (χ4v) is 4.32. The lowest BCUT2D eigenvalue weighted by Crippen LogP contribution is -2.48. The number of halogens is 2. The molecule has 1 aliphatic heterocycles. The van der Waals surface area contributed by atoms with Gasteiger partial charge in [-0.2, -0.15) is 0 Å². The molecule has 2 atom stereocenters. The zero-order chi connectivity index (χ0) is 24.8. The maximum Gasteiger partial charge on any atom is 0.228 e. The van der Waals surface area contributed by atoms with E-state index in [1.165, 1.54) is 36.4 Å². The van der Waals surface area contributed by atoms with Gasteiger partial charge in [-0.05, 0) is 66.1 Å². The summed E-state index contributed by atoms with van der Waals surface area (Å²) in [6, 6.07) is 18.4. The van der Waals surface area contributed by atoms with Crippen LogP contribution in [0.3, 0.4) is 0 Å². The topological polar surface area (TPSA) is 81.7 Å². The van der Waals surface area contributed by atoms with Crippen LogP contribution in [0.4, 0.5) is 14.5 Å². The van der Waals surface area contributed by atoms with Crippen molar-refractivity contribution in [1.29, 1.82) is 0 Å². The van der Waals surface area contributed by atoms with Gasteiger partial charge in [-0.1, -0.05) is 24.3 Å². The van der Waals surface area contributed by atoms with Crippen LogP contribution < -0.4 is 10.6 Å². The highest BCUT2D eigenvalue weighted by Gasteiger charge is 2.35. The lowest BCUT2D eigenvalue weighted by atomic mass is 9.87. The molecule has 0 bridgehead atoms. The average molecular weight is 480 g/mol. The molecule has 3 aromatic carbocycles. The van der Waals surface area contributed by atoms with E-state index in [2.05, 4.69) is 10.6 Å². The van der Waals surface area contributed by atoms with Gasteiger partial charge >= 0.3 is 0 Å². The Bertz CT molecular complexity index is 1170. The van der Waals surface area contributed by atoms with E-state index in [0.29, 0.717) is 37.3 Å². The fraction of sp³-hybridized carbons (Fsp3) is 0.259. The maximum atomic E-state index is 13.5. The van der Waals surface area contributed by atoms with E-state index in [1.54, 1.807) is 36.4 Å². The van der Waals surface area contributed by atoms with Crippen LogP contribution in [0.1, 0.15) is 17.5 Å². The van der Waals surface area contributed by atoms with Crippen molar-refractivity contribution >= 4 is 17.5 Å². The molecule has 2 amide bonds. The maximum absolute atomic E-state index is 13.5. The molecule has 0 unspecified atom stereocenters. The van der Waals surface area contributed by atoms with Gasteiger partial charge in [0.2, 0.25) is 11.8 Å². The number of carbonyl (C=O) groups excluding carboxylic acids is 2. The summed E-state index contributed by atoms with van der Waals surface area (Å²) in [6.07, 6.45) is 0.355. The van der Waals surface area contributed by atoms with Crippen molar-refractivity contribution in [2.75, 3.05) is 18.4 Å². The molecule has 6 nitrogen and oxygen atoms in total. The summed E-state index contributed by atoms with van der Waals surface area (Å²) < 4.78 is 26.7. The van der Waals surface area contributed by atoms with Crippen LogP contribution in [0, 0.1) is 23.5 Å². The van der Waals surface area contributed by atoms with E-state index < -0.39 is 17.7 Å². The molecule has 1 heterocycles. The summed E-state index contributed by atoms with van der Waals surface area (Å²) in [5.41, 5.74) is 2.08. The Hall–Kier alpha value is -3.78. The minimum absolute atomic E-state index is 0.165. The third-order valence-electron chi connectivity index (χ3n) is 6.08. The number of benzene rings is 3. The van der Waals surface area contributed by atoms with Crippen molar-refractivity contribution in [2.45, 2.75) is 19.5 Å². The molecular weight excluding hydrogens is 452 g/mol. The molecule has 0 aromatic heterocycles. The molecule has 0 spiro atoms. The zero-order valence-electron chi connectivity index (χ0n) is 19.1. The fourth-order valence-electron chi connectivity index (χ4n) is 4.32. The van der Waals surface area contributed by atoms with E-state index >= 15 is 0 Å². The number of piperidine rings is 1. The molecule has 35 heavy (non-hydrogen) atoms. The Morgan fingerprint density at radius 2 is 1.54 bits per heavy atom. The number of nitrogens with one attached hydrogen (secondary N) is 2. The first-order valence-electron chi connectivity index (χ1n) is 11.4. The van der Waals surface area contributed by atoms with E-state index in [-0.39, 0.29) is 29.9 Å². The summed E-state index contributed by atoms with van der Waals surface area (Å²) in [5.74, 6) is -1.95. The summed E-state index contributed by atoms with van der Waals surface area (Å²) in [6.45, 7) is 1.60.